The Morgan fingerprint density at radius 1 is 0.857 bits per heavy atom. The van der Waals surface area contributed by atoms with E-state index in [0.717, 1.165) is 0 Å². The minimum Gasteiger partial charge on any atom is -0.263 e. The van der Waals surface area contributed by atoms with E-state index in [4.69, 9.17) is 0 Å². The summed E-state index contributed by atoms with van der Waals surface area (Å²) in [5.74, 6) is -2.20. The molecule has 2 amide bonds. The number of nitroso groups, excluding NO2 is 2. The molecule has 0 N–H and O–H groups in total. The van der Waals surface area contributed by atoms with E-state index in [-0.39, 0.29) is 11.1 Å². The van der Waals surface area contributed by atoms with Gasteiger partial charge in [0.1, 0.15) is 0 Å². The number of benzene rings is 1. The molecule has 6 heteroatoms. The average molecular weight is 192 g/mol. The van der Waals surface area contributed by atoms with Gasteiger partial charge in [-0.2, -0.15) is 0 Å². The van der Waals surface area contributed by atoms with Crippen molar-refractivity contribution in [1.29, 1.82) is 0 Å². The second-order valence-electron chi connectivity index (χ2n) is 2.34. The molecular formula is C8H4N2O4. The fourth-order valence-electron chi connectivity index (χ4n) is 0.954. The summed E-state index contributed by atoms with van der Waals surface area (Å²) in [4.78, 5) is 41.7. The summed E-state index contributed by atoms with van der Waals surface area (Å²) >= 11 is 0. The number of carbonyl (C=O) groups excluding carboxylic acids is 2. The Balaban J connectivity index is 3.28. The van der Waals surface area contributed by atoms with Crippen LogP contribution in [0.1, 0.15) is 20.7 Å². The molecule has 1 rings (SSSR count). The lowest BCUT2D eigenvalue weighted by Crippen LogP contribution is -2.04. The Labute approximate surface area is 77.9 Å². The molecule has 14 heavy (non-hydrogen) atoms. The largest absolute Gasteiger partial charge is 0.317 e. The first-order valence-corrected chi connectivity index (χ1v) is 3.55. The van der Waals surface area contributed by atoms with Crippen molar-refractivity contribution in [3.63, 3.8) is 0 Å². The van der Waals surface area contributed by atoms with Gasteiger partial charge < -0.3 is 0 Å². The maximum Gasteiger partial charge on any atom is 0.317 e. The van der Waals surface area contributed by atoms with Gasteiger partial charge in [-0.25, -0.2) is 0 Å². The van der Waals surface area contributed by atoms with E-state index in [1.54, 1.807) is 0 Å². The van der Waals surface area contributed by atoms with Crippen LogP contribution in [-0.2, 0) is 0 Å². The van der Waals surface area contributed by atoms with Gasteiger partial charge in [-0.15, -0.1) is 9.81 Å². The molecular weight excluding hydrogens is 188 g/mol. The lowest BCUT2D eigenvalue weighted by atomic mass is 10.1. The predicted molar refractivity (Wildman–Crippen MR) is 46.7 cm³/mol. The number of nitrogens with zero attached hydrogens (tertiary/aromatic N) is 2. The van der Waals surface area contributed by atoms with Crippen LogP contribution in [0.5, 0.6) is 0 Å². The van der Waals surface area contributed by atoms with Crippen LogP contribution in [0, 0.1) is 9.81 Å². The molecule has 0 unspecified atom stereocenters. The highest BCUT2D eigenvalue weighted by Gasteiger charge is 2.16. The van der Waals surface area contributed by atoms with Gasteiger partial charge >= 0.3 is 11.8 Å². The fourth-order valence-corrected chi connectivity index (χ4v) is 0.954. The number of rotatable bonds is 2. The first-order chi connectivity index (χ1) is 6.70. The third-order valence-electron chi connectivity index (χ3n) is 1.55. The van der Waals surface area contributed by atoms with Crippen molar-refractivity contribution in [2.75, 3.05) is 0 Å². The summed E-state index contributed by atoms with van der Waals surface area (Å²) in [5.41, 5.74) is -0.431. The minimum absolute atomic E-state index is 0.216. The van der Waals surface area contributed by atoms with Gasteiger partial charge in [-0.3, -0.25) is 9.59 Å². The van der Waals surface area contributed by atoms with Crippen LogP contribution in [0.4, 0.5) is 0 Å². The molecule has 0 aliphatic heterocycles. The molecule has 0 saturated carbocycles. The maximum absolute atomic E-state index is 10.9. The standard InChI is InChI=1S/C8H4N2O4/c11-7(9-13)5-3-1-2-4-6(5)8(12)10-14/h1-4H. The molecule has 0 bridgehead atoms. The van der Waals surface area contributed by atoms with Gasteiger partial charge in [-0.1, -0.05) is 12.1 Å². The Morgan fingerprint density at radius 2 is 1.21 bits per heavy atom. The summed E-state index contributed by atoms with van der Waals surface area (Å²) in [6.45, 7) is 0. The van der Waals surface area contributed by atoms with Crippen molar-refractivity contribution < 1.29 is 9.59 Å². The Kier molecular flexibility index (Phi) is 2.90. The van der Waals surface area contributed by atoms with Crippen LogP contribution in [0.3, 0.4) is 0 Å². The summed E-state index contributed by atoms with van der Waals surface area (Å²) in [7, 11) is 0. The third kappa shape index (κ3) is 1.74. The highest BCUT2D eigenvalue weighted by atomic mass is 16.3. The molecule has 70 valence electrons. The van der Waals surface area contributed by atoms with Crippen LogP contribution in [0.2, 0.25) is 0 Å². The van der Waals surface area contributed by atoms with E-state index < -0.39 is 11.8 Å². The van der Waals surface area contributed by atoms with Gasteiger partial charge in [0.05, 0.1) is 11.1 Å². The van der Waals surface area contributed by atoms with E-state index >= 15 is 0 Å². The van der Waals surface area contributed by atoms with Crippen LogP contribution in [0.15, 0.2) is 34.6 Å². The predicted octanol–water partition coefficient (Wildman–Crippen LogP) is 1.50. The molecule has 1 aromatic carbocycles. The first kappa shape index (κ1) is 9.85. The van der Waals surface area contributed by atoms with Crippen molar-refractivity contribution in [3.05, 3.63) is 45.2 Å². The Hall–Kier alpha value is -2.24. The lowest BCUT2D eigenvalue weighted by Gasteiger charge is -1.97. The maximum atomic E-state index is 10.9. The van der Waals surface area contributed by atoms with Crippen LogP contribution < -0.4 is 0 Å². The third-order valence-corrected chi connectivity index (χ3v) is 1.55. The SMILES string of the molecule is O=NC(=O)c1ccccc1C(=O)N=O. The average Bonchev–Trinajstić information content (AvgIpc) is 2.27. The summed E-state index contributed by atoms with van der Waals surface area (Å²) in [6, 6.07) is 5.34. The van der Waals surface area contributed by atoms with Crippen molar-refractivity contribution in [2.24, 2.45) is 10.4 Å². The summed E-state index contributed by atoms with van der Waals surface area (Å²) in [6.07, 6.45) is 0. The lowest BCUT2D eigenvalue weighted by molar-refractivity contribution is 0.0968. The zero-order valence-corrected chi connectivity index (χ0v) is 6.84. The molecule has 0 aliphatic carbocycles. The first-order valence-electron chi connectivity index (χ1n) is 3.55. The second-order valence-corrected chi connectivity index (χ2v) is 2.34. The van der Waals surface area contributed by atoms with Crippen LogP contribution >= 0.6 is 0 Å². The molecule has 0 fully saturated rings. The van der Waals surface area contributed by atoms with Crippen molar-refractivity contribution >= 4 is 11.8 Å². The van der Waals surface area contributed by atoms with E-state index in [9.17, 15) is 19.4 Å². The molecule has 0 atom stereocenters. The van der Waals surface area contributed by atoms with Gasteiger partial charge in [0.15, 0.2) is 0 Å². The quantitative estimate of drug-likeness (QED) is 0.663. The minimum atomic E-state index is -1.10. The molecule has 0 radical (unpaired) electrons. The highest BCUT2D eigenvalue weighted by molar-refractivity contribution is 6.07. The highest BCUT2D eigenvalue weighted by Crippen LogP contribution is 2.11. The molecule has 6 nitrogen and oxygen atoms in total. The Morgan fingerprint density at radius 3 is 1.50 bits per heavy atom. The van der Waals surface area contributed by atoms with E-state index in [1.165, 1.54) is 24.3 Å². The number of hydrogen-bond acceptors (Lipinski definition) is 4. The fraction of sp³-hybridized carbons (Fsp3) is 0. The molecule has 0 aliphatic rings. The molecule has 0 saturated heterocycles. The molecule has 0 aromatic heterocycles. The summed E-state index contributed by atoms with van der Waals surface area (Å²) in [5, 5.41) is 4.30. The van der Waals surface area contributed by atoms with Crippen molar-refractivity contribution in [3.8, 4) is 0 Å². The normalized spacial score (nSPS) is 9.14. The Bertz CT molecular complexity index is 375. The van der Waals surface area contributed by atoms with Gasteiger partial charge in [0, 0.05) is 10.4 Å². The number of carbonyl (C=O) groups is 2. The van der Waals surface area contributed by atoms with Crippen LogP contribution in [-0.4, -0.2) is 11.8 Å². The van der Waals surface area contributed by atoms with E-state index in [2.05, 4.69) is 10.4 Å². The van der Waals surface area contributed by atoms with Gasteiger partial charge in [-0.05, 0) is 12.1 Å². The monoisotopic (exact) mass is 192 g/mol. The number of amides is 2. The van der Waals surface area contributed by atoms with Gasteiger partial charge in [0.2, 0.25) is 0 Å². The van der Waals surface area contributed by atoms with E-state index in [1.807, 2.05) is 0 Å². The van der Waals surface area contributed by atoms with Gasteiger partial charge in [0.25, 0.3) is 0 Å². The topological polar surface area (TPSA) is 93.0 Å². The smallest absolute Gasteiger partial charge is 0.263 e. The van der Waals surface area contributed by atoms with Crippen molar-refractivity contribution in [1.82, 2.24) is 0 Å². The number of hydrogen-bond donors (Lipinski definition) is 0. The molecule has 0 heterocycles. The molecule has 0 spiro atoms. The van der Waals surface area contributed by atoms with E-state index in [0.29, 0.717) is 0 Å². The zero-order chi connectivity index (χ0) is 10.6. The zero-order valence-electron chi connectivity index (χ0n) is 6.84. The van der Waals surface area contributed by atoms with Crippen LogP contribution in [0.25, 0.3) is 0 Å². The second kappa shape index (κ2) is 4.13. The van der Waals surface area contributed by atoms with Crippen molar-refractivity contribution in [2.45, 2.75) is 0 Å². The summed E-state index contributed by atoms with van der Waals surface area (Å²) < 4.78 is 0. The molecule has 1 aromatic rings.